The van der Waals surface area contributed by atoms with Crippen LogP contribution in [-0.4, -0.2) is 30.6 Å². The van der Waals surface area contributed by atoms with E-state index in [2.05, 4.69) is 4.74 Å². The van der Waals surface area contributed by atoms with Gasteiger partial charge in [0.1, 0.15) is 12.7 Å². The zero-order chi connectivity index (χ0) is 8.48. The third kappa shape index (κ3) is 1.77. The predicted octanol–water partition coefficient (Wildman–Crippen LogP) is -0.0941. The van der Waals surface area contributed by atoms with Crippen molar-refractivity contribution in [3.05, 3.63) is 0 Å². The lowest BCUT2D eigenvalue weighted by Gasteiger charge is -1.97. The number of hydrogen-bond acceptors (Lipinski definition) is 4. The zero-order valence-corrected chi connectivity index (χ0v) is 6.49. The first-order valence-electron chi connectivity index (χ1n) is 3.36. The molecule has 0 aromatic rings. The molecule has 1 saturated heterocycles. The van der Waals surface area contributed by atoms with E-state index in [0.717, 1.165) is 6.29 Å². The summed E-state index contributed by atoms with van der Waals surface area (Å²) in [4.78, 5) is 20.6. The van der Waals surface area contributed by atoms with E-state index in [1.165, 1.54) is 6.92 Å². The van der Waals surface area contributed by atoms with E-state index < -0.39 is 5.60 Å². The van der Waals surface area contributed by atoms with Gasteiger partial charge in [-0.1, -0.05) is 0 Å². The maximum absolute atomic E-state index is 10.3. The van der Waals surface area contributed by atoms with E-state index in [-0.39, 0.29) is 18.7 Å². The summed E-state index contributed by atoms with van der Waals surface area (Å²) >= 11 is 0. The van der Waals surface area contributed by atoms with Gasteiger partial charge in [-0.2, -0.15) is 0 Å². The second-order valence-corrected chi connectivity index (χ2v) is 2.71. The summed E-state index contributed by atoms with van der Waals surface area (Å²) in [5.41, 5.74) is -0.713. The first-order valence-corrected chi connectivity index (χ1v) is 3.36. The smallest absolute Gasteiger partial charge is 0.302 e. The first kappa shape index (κ1) is 8.20. The fourth-order valence-electron chi connectivity index (χ4n) is 0.769. The second-order valence-electron chi connectivity index (χ2n) is 2.71. The van der Waals surface area contributed by atoms with Crippen molar-refractivity contribution in [1.82, 2.24) is 0 Å². The molecule has 0 N–H and O–H groups in total. The minimum Gasteiger partial charge on any atom is -0.463 e. The molecule has 1 fully saturated rings. The van der Waals surface area contributed by atoms with E-state index in [1.807, 2.05) is 0 Å². The van der Waals surface area contributed by atoms with Gasteiger partial charge < -0.3 is 14.3 Å². The lowest BCUT2D eigenvalue weighted by atomic mass is 10.1. The van der Waals surface area contributed by atoms with Crippen molar-refractivity contribution >= 4 is 12.3 Å². The van der Waals surface area contributed by atoms with Crippen LogP contribution in [0, 0.1) is 0 Å². The monoisotopic (exact) mass is 158 g/mol. The Bertz CT molecular complexity index is 189. The maximum Gasteiger partial charge on any atom is 0.302 e. The molecule has 0 aromatic carbocycles. The Labute approximate surface area is 64.5 Å². The van der Waals surface area contributed by atoms with Gasteiger partial charge in [0.05, 0.1) is 0 Å². The summed E-state index contributed by atoms with van der Waals surface area (Å²) in [7, 11) is 0. The molecule has 62 valence electrons. The molecule has 0 spiro atoms. The van der Waals surface area contributed by atoms with Gasteiger partial charge in [0, 0.05) is 6.92 Å². The molecular formula is C7H10O4. The summed E-state index contributed by atoms with van der Waals surface area (Å²) in [5, 5.41) is 0. The largest absolute Gasteiger partial charge is 0.463 e. The van der Waals surface area contributed by atoms with Crippen LogP contribution >= 0.6 is 0 Å². The second kappa shape index (κ2) is 2.62. The van der Waals surface area contributed by atoms with E-state index in [9.17, 15) is 9.59 Å². The first-order chi connectivity index (χ1) is 5.08. The average Bonchev–Trinajstić information content (AvgIpc) is 2.59. The van der Waals surface area contributed by atoms with Crippen molar-refractivity contribution in [2.75, 3.05) is 6.61 Å². The molecule has 0 bridgehead atoms. The van der Waals surface area contributed by atoms with Crippen molar-refractivity contribution in [3.8, 4) is 0 Å². The number of hydrogen-bond donors (Lipinski definition) is 0. The summed E-state index contributed by atoms with van der Waals surface area (Å²) in [6.45, 7) is 3.15. The molecule has 4 nitrogen and oxygen atoms in total. The fourth-order valence-corrected chi connectivity index (χ4v) is 0.769. The number of rotatable bonds is 3. The van der Waals surface area contributed by atoms with Crippen LogP contribution < -0.4 is 0 Å². The van der Waals surface area contributed by atoms with Crippen LogP contribution in [-0.2, 0) is 19.1 Å². The molecule has 1 rings (SSSR count). The average molecular weight is 158 g/mol. The Hall–Kier alpha value is -0.900. The number of aldehydes is 1. The molecule has 11 heavy (non-hydrogen) atoms. The van der Waals surface area contributed by atoms with Gasteiger partial charge in [0.25, 0.3) is 0 Å². The summed E-state index contributed by atoms with van der Waals surface area (Å²) in [6, 6.07) is 0. The number of epoxide rings is 1. The van der Waals surface area contributed by atoms with E-state index in [0.29, 0.717) is 0 Å². The number of esters is 1. The zero-order valence-electron chi connectivity index (χ0n) is 6.49. The molecular weight excluding hydrogens is 148 g/mol. The summed E-state index contributed by atoms with van der Waals surface area (Å²) in [6.07, 6.45) is 0.477. The Morgan fingerprint density at radius 2 is 2.45 bits per heavy atom. The van der Waals surface area contributed by atoms with Crippen LogP contribution in [0.4, 0.5) is 0 Å². The molecule has 0 aliphatic carbocycles. The van der Waals surface area contributed by atoms with Crippen LogP contribution in [0.15, 0.2) is 0 Å². The van der Waals surface area contributed by atoms with E-state index >= 15 is 0 Å². The van der Waals surface area contributed by atoms with Gasteiger partial charge in [-0.25, -0.2) is 0 Å². The van der Waals surface area contributed by atoms with Crippen molar-refractivity contribution in [3.63, 3.8) is 0 Å². The Kier molecular flexibility index (Phi) is 1.95. The normalized spacial score (nSPS) is 34.5. The van der Waals surface area contributed by atoms with Crippen molar-refractivity contribution < 1.29 is 19.1 Å². The Morgan fingerprint density at radius 3 is 2.82 bits per heavy atom. The van der Waals surface area contributed by atoms with Crippen LogP contribution in [0.3, 0.4) is 0 Å². The van der Waals surface area contributed by atoms with Crippen molar-refractivity contribution in [2.24, 2.45) is 0 Å². The highest BCUT2D eigenvalue weighted by atomic mass is 16.6. The van der Waals surface area contributed by atoms with Gasteiger partial charge in [0.2, 0.25) is 0 Å². The third-order valence-electron chi connectivity index (χ3n) is 1.65. The molecule has 1 heterocycles. The Morgan fingerprint density at radius 1 is 1.82 bits per heavy atom. The van der Waals surface area contributed by atoms with Gasteiger partial charge in [-0.15, -0.1) is 0 Å². The highest BCUT2D eigenvalue weighted by Crippen LogP contribution is 2.33. The Balaban J connectivity index is 2.23. The maximum atomic E-state index is 10.3. The molecule has 0 saturated carbocycles. The van der Waals surface area contributed by atoms with Gasteiger partial charge in [-0.3, -0.25) is 4.79 Å². The van der Waals surface area contributed by atoms with Crippen LogP contribution in [0.5, 0.6) is 0 Å². The fraction of sp³-hybridized carbons (Fsp3) is 0.714. The minimum atomic E-state index is -0.713. The van der Waals surface area contributed by atoms with Crippen LogP contribution in [0.2, 0.25) is 0 Å². The predicted molar refractivity (Wildman–Crippen MR) is 36.0 cm³/mol. The lowest BCUT2D eigenvalue weighted by molar-refractivity contribution is -0.141. The highest BCUT2D eigenvalue weighted by Gasteiger charge is 2.53. The molecule has 2 unspecified atom stereocenters. The van der Waals surface area contributed by atoms with Crippen LogP contribution in [0.1, 0.15) is 13.8 Å². The molecule has 2 atom stereocenters. The lowest BCUT2D eigenvalue weighted by Crippen LogP contribution is -2.16. The molecule has 1 aliphatic heterocycles. The summed E-state index contributed by atoms with van der Waals surface area (Å²) < 4.78 is 9.60. The molecule has 0 aromatic heterocycles. The number of carbonyl (C=O) groups is 2. The van der Waals surface area contributed by atoms with E-state index in [4.69, 9.17) is 4.74 Å². The number of ether oxygens (including phenoxy) is 2. The molecule has 4 heteroatoms. The molecule has 1 aliphatic rings. The van der Waals surface area contributed by atoms with Crippen molar-refractivity contribution in [1.29, 1.82) is 0 Å². The van der Waals surface area contributed by atoms with Crippen molar-refractivity contribution in [2.45, 2.75) is 25.6 Å². The third-order valence-corrected chi connectivity index (χ3v) is 1.65. The van der Waals surface area contributed by atoms with E-state index in [1.54, 1.807) is 6.92 Å². The van der Waals surface area contributed by atoms with Crippen LogP contribution in [0.25, 0.3) is 0 Å². The standard InChI is InChI=1S/C7H10O4/c1-5(9)10-3-6-7(2,4-8)11-6/h4,6H,3H2,1-2H3. The summed E-state index contributed by atoms with van der Waals surface area (Å²) in [5.74, 6) is -0.353. The quantitative estimate of drug-likeness (QED) is 0.327. The topological polar surface area (TPSA) is 55.9 Å². The minimum absolute atomic E-state index is 0.171. The number of carbonyl (C=O) groups excluding carboxylic acids is 2. The van der Waals surface area contributed by atoms with Gasteiger partial charge in [0.15, 0.2) is 11.9 Å². The molecule has 0 radical (unpaired) electrons. The SMILES string of the molecule is CC(=O)OCC1OC1(C)C=O. The highest BCUT2D eigenvalue weighted by molar-refractivity contribution is 5.68. The van der Waals surface area contributed by atoms with Gasteiger partial charge in [-0.05, 0) is 6.92 Å². The van der Waals surface area contributed by atoms with Gasteiger partial charge >= 0.3 is 5.97 Å². The molecule has 0 amide bonds.